The van der Waals surface area contributed by atoms with Crippen molar-refractivity contribution in [3.63, 3.8) is 0 Å². The average molecular weight is 311 g/mol. The molecule has 0 atom stereocenters. The molecule has 0 radical (unpaired) electrons. The van der Waals surface area contributed by atoms with Crippen molar-refractivity contribution in [2.45, 2.75) is 33.2 Å². The number of halogens is 2. The van der Waals surface area contributed by atoms with E-state index in [0.29, 0.717) is 22.0 Å². The van der Waals surface area contributed by atoms with Crippen LogP contribution in [0.1, 0.15) is 23.9 Å². The standard InChI is InChI=1S/C15H16Cl2N2O/c1-3-19-11(7-10(2)18-19)8-12(20)9-13-14(16)5-4-6-15(13)17/h4-7H,3,8-9H2,1-2H3. The van der Waals surface area contributed by atoms with Crippen molar-refractivity contribution >= 4 is 29.0 Å². The molecule has 5 heteroatoms. The number of ketones is 1. The third-order valence-corrected chi connectivity index (χ3v) is 3.81. The van der Waals surface area contributed by atoms with Crippen molar-refractivity contribution in [3.8, 4) is 0 Å². The maximum atomic E-state index is 12.2. The minimum Gasteiger partial charge on any atom is -0.299 e. The molecule has 0 amide bonds. The summed E-state index contributed by atoms with van der Waals surface area (Å²) < 4.78 is 1.85. The normalized spacial score (nSPS) is 10.8. The third-order valence-electron chi connectivity index (χ3n) is 3.10. The van der Waals surface area contributed by atoms with Crippen LogP contribution in [0.25, 0.3) is 0 Å². The predicted octanol–water partition coefficient (Wildman–Crippen LogP) is 3.87. The fourth-order valence-electron chi connectivity index (χ4n) is 2.18. The van der Waals surface area contributed by atoms with E-state index in [1.165, 1.54) is 0 Å². The van der Waals surface area contributed by atoms with E-state index in [4.69, 9.17) is 23.2 Å². The lowest BCUT2D eigenvalue weighted by molar-refractivity contribution is -0.117. The Morgan fingerprint density at radius 3 is 2.50 bits per heavy atom. The van der Waals surface area contributed by atoms with Gasteiger partial charge in [0, 0.05) is 35.1 Å². The maximum absolute atomic E-state index is 12.2. The van der Waals surface area contributed by atoms with Crippen LogP contribution >= 0.6 is 23.2 Å². The van der Waals surface area contributed by atoms with E-state index >= 15 is 0 Å². The second-order valence-corrected chi connectivity index (χ2v) is 5.50. The van der Waals surface area contributed by atoms with Crippen molar-refractivity contribution in [1.29, 1.82) is 0 Å². The zero-order valence-corrected chi connectivity index (χ0v) is 13.0. The topological polar surface area (TPSA) is 34.9 Å². The highest BCUT2D eigenvalue weighted by Crippen LogP contribution is 2.25. The second kappa shape index (κ2) is 6.42. The molecule has 0 saturated heterocycles. The lowest BCUT2D eigenvalue weighted by Gasteiger charge is -2.07. The monoisotopic (exact) mass is 310 g/mol. The molecule has 0 bridgehead atoms. The average Bonchev–Trinajstić information content (AvgIpc) is 2.74. The number of benzene rings is 1. The Morgan fingerprint density at radius 2 is 1.90 bits per heavy atom. The first kappa shape index (κ1) is 15.1. The number of hydrogen-bond acceptors (Lipinski definition) is 2. The quantitative estimate of drug-likeness (QED) is 0.840. The molecule has 3 nitrogen and oxygen atoms in total. The Hall–Kier alpha value is -1.32. The van der Waals surface area contributed by atoms with Gasteiger partial charge in [0.2, 0.25) is 0 Å². The van der Waals surface area contributed by atoms with E-state index in [0.717, 1.165) is 17.9 Å². The molecule has 106 valence electrons. The number of aromatic nitrogens is 2. The fraction of sp³-hybridized carbons (Fsp3) is 0.333. The van der Waals surface area contributed by atoms with Crippen LogP contribution in [-0.4, -0.2) is 15.6 Å². The summed E-state index contributed by atoms with van der Waals surface area (Å²) in [5, 5.41) is 5.40. The number of carbonyl (C=O) groups excluding carboxylic acids is 1. The fourth-order valence-corrected chi connectivity index (χ4v) is 2.71. The summed E-state index contributed by atoms with van der Waals surface area (Å²) >= 11 is 12.2. The van der Waals surface area contributed by atoms with Crippen molar-refractivity contribution < 1.29 is 4.79 Å². The summed E-state index contributed by atoms with van der Waals surface area (Å²) in [5.74, 6) is 0.0783. The summed E-state index contributed by atoms with van der Waals surface area (Å²) in [6.45, 7) is 4.68. The maximum Gasteiger partial charge on any atom is 0.143 e. The van der Waals surface area contributed by atoms with E-state index < -0.39 is 0 Å². The van der Waals surface area contributed by atoms with Gasteiger partial charge in [-0.15, -0.1) is 0 Å². The Balaban J connectivity index is 2.13. The highest BCUT2D eigenvalue weighted by Gasteiger charge is 2.14. The third kappa shape index (κ3) is 3.41. The number of carbonyl (C=O) groups is 1. The van der Waals surface area contributed by atoms with E-state index in [9.17, 15) is 4.79 Å². The summed E-state index contributed by atoms with van der Waals surface area (Å²) in [6.07, 6.45) is 0.586. The number of hydrogen-bond donors (Lipinski definition) is 0. The molecular formula is C15H16Cl2N2O. The molecule has 0 fully saturated rings. The molecule has 20 heavy (non-hydrogen) atoms. The lowest BCUT2D eigenvalue weighted by atomic mass is 10.1. The molecule has 0 aliphatic carbocycles. The zero-order chi connectivity index (χ0) is 14.7. The van der Waals surface area contributed by atoms with Crippen LogP contribution in [0.5, 0.6) is 0 Å². The summed E-state index contributed by atoms with van der Waals surface area (Å²) in [7, 11) is 0. The van der Waals surface area contributed by atoms with Crippen LogP contribution in [0.4, 0.5) is 0 Å². The van der Waals surface area contributed by atoms with Crippen molar-refractivity contribution in [3.05, 3.63) is 51.3 Å². The van der Waals surface area contributed by atoms with Gasteiger partial charge >= 0.3 is 0 Å². The Bertz CT molecular complexity index is 615. The zero-order valence-electron chi connectivity index (χ0n) is 11.5. The second-order valence-electron chi connectivity index (χ2n) is 4.69. The van der Waals surface area contributed by atoms with Gasteiger partial charge in [0.25, 0.3) is 0 Å². The molecule has 2 aromatic rings. The van der Waals surface area contributed by atoms with E-state index in [1.807, 2.05) is 24.6 Å². The van der Waals surface area contributed by atoms with Crippen LogP contribution in [0.2, 0.25) is 10.0 Å². The van der Waals surface area contributed by atoms with Gasteiger partial charge in [-0.1, -0.05) is 29.3 Å². The molecule has 0 N–H and O–H groups in total. The SMILES string of the molecule is CCn1nc(C)cc1CC(=O)Cc1c(Cl)cccc1Cl. The smallest absolute Gasteiger partial charge is 0.143 e. The number of rotatable bonds is 5. The van der Waals surface area contributed by atoms with E-state index in [1.54, 1.807) is 18.2 Å². The van der Waals surface area contributed by atoms with E-state index in [2.05, 4.69) is 5.10 Å². The Morgan fingerprint density at radius 1 is 1.25 bits per heavy atom. The molecule has 1 aromatic carbocycles. The highest BCUT2D eigenvalue weighted by atomic mass is 35.5. The lowest BCUT2D eigenvalue weighted by Crippen LogP contribution is -2.12. The highest BCUT2D eigenvalue weighted by molar-refractivity contribution is 6.36. The van der Waals surface area contributed by atoms with Crippen molar-refractivity contribution in [2.75, 3.05) is 0 Å². The first-order valence-electron chi connectivity index (χ1n) is 6.49. The molecule has 0 aliphatic rings. The van der Waals surface area contributed by atoms with Crippen molar-refractivity contribution in [1.82, 2.24) is 9.78 Å². The predicted molar refractivity (Wildman–Crippen MR) is 81.5 cm³/mol. The van der Waals surface area contributed by atoms with Crippen LogP contribution in [0, 0.1) is 6.92 Å². The minimum absolute atomic E-state index is 0.0783. The van der Waals surface area contributed by atoms with Gasteiger partial charge in [0.15, 0.2) is 0 Å². The first-order valence-corrected chi connectivity index (χ1v) is 7.24. The largest absolute Gasteiger partial charge is 0.299 e. The van der Waals surface area contributed by atoms with Gasteiger partial charge in [-0.2, -0.15) is 5.10 Å². The summed E-state index contributed by atoms with van der Waals surface area (Å²) in [6, 6.07) is 7.21. The van der Waals surface area contributed by atoms with Crippen LogP contribution < -0.4 is 0 Å². The molecule has 0 spiro atoms. The van der Waals surface area contributed by atoms with Crippen LogP contribution in [0.3, 0.4) is 0 Å². The molecule has 2 rings (SSSR count). The van der Waals surface area contributed by atoms with Crippen LogP contribution in [0.15, 0.2) is 24.3 Å². The van der Waals surface area contributed by atoms with Gasteiger partial charge < -0.3 is 0 Å². The molecule has 1 aromatic heterocycles. The first-order chi connectivity index (χ1) is 9.51. The molecule has 1 heterocycles. The Kier molecular flexibility index (Phi) is 4.84. The molecule has 0 saturated carbocycles. The number of aryl methyl sites for hydroxylation is 2. The van der Waals surface area contributed by atoms with Gasteiger partial charge in [0.1, 0.15) is 5.78 Å². The van der Waals surface area contributed by atoms with Gasteiger partial charge in [0.05, 0.1) is 5.69 Å². The van der Waals surface area contributed by atoms with Gasteiger partial charge in [-0.3, -0.25) is 9.48 Å². The van der Waals surface area contributed by atoms with Crippen LogP contribution in [-0.2, 0) is 24.2 Å². The van der Waals surface area contributed by atoms with Crippen molar-refractivity contribution in [2.24, 2.45) is 0 Å². The molecule has 0 aliphatic heterocycles. The van der Waals surface area contributed by atoms with Gasteiger partial charge in [-0.25, -0.2) is 0 Å². The molecule has 0 unspecified atom stereocenters. The molecular weight excluding hydrogens is 295 g/mol. The van der Waals surface area contributed by atoms with E-state index in [-0.39, 0.29) is 12.2 Å². The number of Topliss-reactive ketones (excluding diaryl/α,β-unsaturated/α-hetero) is 1. The number of nitrogens with zero attached hydrogens (tertiary/aromatic N) is 2. The summed E-state index contributed by atoms with van der Waals surface area (Å²) in [4.78, 5) is 12.2. The minimum atomic E-state index is 0.0783. The summed E-state index contributed by atoms with van der Waals surface area (Å²) in [5.41, 5.74) is 2.55. The van der Waals surface area contributed by atoms with Gasteiger partial charge in [-0.05, 0) is 37.6 Å². The Labute approximate surface area is 128 Å².